The van der Waals surface area contributed by atoms with Gasteiger partial charge in [0, 0.05) is 22.7 Å². The van der Waals surface area contributed by atoms with Gasteiger partial charge < -0.3 is 15.3 Å². The first-order chi connectivity index (χ1) is 8.54. The second kappa shape index (κ2) is 5.86. The van der Waals surface area contributed by atoms with E-state index in [9.17, 15) is 4.79 Å². The number of fused-ring (bicyclic) bond motifs is 1. The summed E-state index contributed by atoms with van der Waals surface area (Å²) < 4.78 is 5.18. The molecule has 96 valence electrons. The van der Waals surface area contributed by atoms with E-state index in [4.69, 9.17) is 20.1 Å². The zero-order valence-electron chi connectivity index (χ0n) is 10.3. The maximum atomic E-state index is 11.5. The number of nitrogens with two attached hydrogens (primary N) is 1. The van der Waals surface area contributed by atoms with E-state index in [1.807, 2.05) is 19.1 Å². The Labute approximate surface area is 104 Å². The highest BCUT2D eigenvalue weighted by Crippen LogP contribution is 2.22. The van der Waals surface area contributed by atoms with Crippen molar-refractivity contribution in [3.8, 4) is 0 Å². The fourth-order valence-electron chi connectivity index (χ4n) is 1.83. The van der Waals surface area contributed by atoms with Crippen LogP contribution in [0.25, 0.3) is 11.0 Å². The van der Waals surface area contributed by atoms with Crippen molar-refractivity contribution >= 4 is 23.1 Å². The summed E-state index contributed by atoms with van der Waals surface area (Å²) in [6, 6.07) is 5.41. The molecule has 0 spiro atoms. The maximum Gasteiger partial charge on any atom is 0.339 e. The molecule has 5 nitrogen and oxygen atoms in total. The van der Waals surface area contributed by atoms with Gasteiger partial charge in [0.25, 0.3) is 6.47 Å². The summed E-state index contributed by atoms with van der Waals surface area (Å²) in [5.41, 5.74) is 8.28. The predicted molar refractivity (Wildman–Crippen MR) is 69.7 cm³/mol. The number of anilines is 1. The minimum absolute atomic E-state index is 0.250. The monoisotopic (exact) mass is 249 g/mol. The largest absolute Gasteiger partial charge is 0.483 e. The van der Waals surface area contributed by atoms with Crippen molar-refractivity contribution in [1.82, 2.24) is 0 Å². The molecule has 0 atom stereocenters. The van der Waals surface area contributed by atoms with Crippen LogP contribution in [0.2, 0.25) is 0 Å². The molecular weight excluding hydrogens is 234 g/mol. The lowest BCUT2D eigenvalue weighted by Crippen LogP contribution is -2.07. The van der Waals surface area contributed by atoms with Gasteiger partial charge in [-0.3, -0.25) is 4.79 Å². The minimum atomic E-state index is -0.273. The Bertz CT molecular complexity index is 616. The summed E-state index contributed by atoms with van der Waals surface area (Å²) in [5, 5.41) is 7.86. The number of hydrogen-bond acceptors (Lipinski definition) is 4. The van der Waals surface area contributed by atoms with Gasteiger partial charge >= 0.3 is 5.63 Å². The second-order valence-corrected chi connectivity index (χ2v) is 3.71. The average molecular weight is 249 g/mol. The molecule has 0 saturated carbocycles. The Morgan fingerprint density at radius 1 is 1.44 bits per heavy atom. The van der Waals surface area contributed by atoms with E-state index in [-0.39, 0.29) is 12.1 Å². The van der Waals surface area contributed by atoms with Crippen molar-refractivity contribution in [2.24, 2.45) is 0 Å². The first-order valence-corrected chi connectivity index (χ1v) is 5.44. The molecular formula is C13H15NO4. The lowest BCUT2D eigenvalue weighted by atomic mass is 10.0. The standard InChI is InChI=1S/C12H13NO2.CH2O2/c1-3-9-7(2)12(14)15-11-6-8(13)4-5-10(9)11;2-1-3/h4-6H,3,13H2,1-2H3;1H,(H,2,3). The fraction of sp³-hybridized carbons (Fsp3) is 0.231. The highest BCUT2D eigenvalue weighted by Gasteiger charge is 2.09. The molecule has 2 rings (SSSR count). The van der Waals surface area contributed by atoms with Crippen LogP contribution in [0.3, 0.4) is 0 Å². The van der Waals surface area contributed by atoms with Crippen LogP contribution in [-0.4, -0.2) is 11.6 Å². The topological polar surface area (TPSA) is 93.5 Å². The van der Waals surface area contributed by atoms with Gasteiger partial charge in [-0.15, -0.1) is 0 Å². The van der Waals surface area contributed by atoms with E-state index in [1.165, 1.54) is 0 Å². The molecule has 0 unspecified atom stereocenters. The van der Waals surface area contributed by atoms with Gasteiger partial charge in [-0.25, -0.2) is 4.79 Å². The van der Waals surface area contributed by atoms with E-state index >= 15 is 0 Å². The Balaban J connectivity index is 0.000000492. The van der Waals surface area contributed by atoms with Crippen molar-refractivity contribution in [2.75, 3.05) is 5.73 Å². The first kappa shape index (κ1) is 13.8. The summed E-state index contributed by atoms with van der Waals surface area (Å²) in [7, 11) is 0. The Kier molecular flexibility index (Phi) is 4.48. The van der Waals surface area contributed by atoms with Crippen LogP contribution >= 0.6 is 0 Å². The first-order valence-electron chi connectivity index (χ1n) is 5.44. The molecule has 0 amide bonds. The summed E-state index contributed by atoms with van der Waals surface area (Å²) in [5.74, 6) is 0. The summed E-state index contributed by atoms with van der Waals surface area (Å²) in [6.07, 6.45) is 0.817. The van der Waals surface area contributed by atoms with Crippen LogP contribution < -0.4 is 11.4 Å². The van der Waals surface area contributed by atoms with E-state index in [0.29, 0.717) is 16.8 Å². The zero-order chi connectivity index (χ0) is 13.7. The Morgan fingerprint density at radius 3 is 2.61 bits per heavy atom. The van der Waals surface area contributed by atoms with Crippen molar-refractivity contribution in [3.63, 3.8) is 0 Å². The Hall–Kier alpha value is -2.30. The van der Waals surface area contributed by atoms with E-state index in [2.05, 4.69) is 0 Å². The third-order valence-corrected chi connectivity index (χ3v) is 2.65. The lowest BCUT2D eigenvalue weighted by molar-refractivity contribution is -0.122. The van der Waals surface area contributed by atoms with Crippen LogP contribution in [0.5, 0.6) is 0 Å². The van der Waals surface area contributed by atoms with Crippen LogP contribution in [-0.2, 0) is 11.2 Å². The van der Waals surface area contributed by atoms with Crippen LogP contribution in [0.15, 0.2) is 27.4 Å². The molecule has 1 aromatic heterocycles. The normalized spacial score (nSPS) is 9.67. The van der Waals surface area contributed by atoms with Crippen LogP contribution in [0.1, 0.15) is 18.1 Å². The van der Waals surface area contributed by atoms with Crippen molar-refractivity contribution < 1.29 is 14.3 Å². The predicted octanol–water partition coefficient (Wildman–Crippen LogP) is 1.95. The van der Waals surface area contributed by atoms with Crippen molar-refractivity contribution in [1.29, 1.82) is 0 Å². The number of carbonyl (C=O) groups is 1. The molecule has 0 aliphatic heterocycles. The third-order valence-electron chi connectivity index (χ3n) is 2.65. The average Bonchev–Trinajstić information content (AvgIpc) is 2.32. The lowest BCUT2D eigenvalue weighted by Gasteiger charge is -2.06. The van der Waals surface area contributed by atoms with Gasteiger partial charge in [-0.1, -0.05) is 6.92 Å². The van der Waals surface area contributed by atoms with Crippen molar-refractivity contribution in [3.05, 3.63) is 39.7 Å². The second-order valence-electron chi connectivity index (χ2n) is 3.71. The number of hydrogen-bond donors (Lipinski definition) is 2. The molecule has 0 fully saturated rings. The SMILES string of the molecule is CCc1c(C)c(=O)oc2cc(N)ccc12.O=CO. The molecule has 5 heteroatoms. The number of benzene rings is 1. The summed E-state index contributed by atoms with van der Waals surface area (Å²) in [4.78, 5) is 19.9. The van der Waals surface area contributed by atoms with Gasteiger partial charge in [-0.05, 0) is 31.0 Å². The van der Waals surface area contributed by atoms with Gasteiger partial charge in [-0.2, -0.15) is 0 Å². The smallest absolute Gasteiger partial charge is 0.339 e. The van der Waals surface area contributed by atoms with Gasteiger partial charge in [0.15, 0.2) is 0 Å². The van der Waals surface area contributed by atoms with Crippen LogP contribution in [0, 0.1) is 6.92 Å². The molecule has 0 saturated heterocycles. The van der Waals surface area contributed by atoms with Gasteiger partial charge in [0.1, 0.15) is 5.58 Å². The molecule has 0 aliphatic rings. The van der Waals surface area contributed by atoms with Gasteiger partial charge in [0.2, 0.25) is 0 Å². The molecule has 0 aliphatic carbocycles. The molecule has 0 radical (unpaired) electrons. The zero-order valence-corrected chi connectivity index (χ0v) is 10.3. The summed E-state index contributed by atoms with van der Waals surface area (Å²) >= 11 is 0. The maximum absolute atomic E-state index is 11.5. The molecule has 1 aromatic carbocycles. The van der Waals surface area contributed by atoms with E-state index < -0.39 is 0 Å². The quantitative estimate of drug-likeness (QED) is 0.457. The Morgan fingerprint density at radius 2 is 2.06 bits per heavy atom. The molecule has 0 bridgehead atoms. The van der Waals surface area contributed by atoms with Crippen molar-refractivity contribution in [2.45, 2.75) is 20.3 Å². The van der Waals surface area contributed by atoms with Gasteiger partial charge in [0.05, 0.1) is 0 Å². The number of carboxylic acid groups (broad SMARTS) is 1. The number of nitrogen functional groups attached to an aromatic ring is 1. The van der Waals surface area contributed by atoms with E-state index in [1.54, 1.807) is 13.0 Å². The fourth-order valence-corrected chi connectivity index (χ4v) is 1.83. The molecule has 3 N–H and O–H groups in total. The number of rotatable bonds is 1. The third kappa shape index (κ3) is 2.68. The molecule has 2 aromatic rings. The van der Waals surface area contributed by atoms with Crippen LogP contribution in [0.4, 0.5) is 5.69 Å². The molecule has 18 heavy (non-hydrogen) atoms. The number of aryl methyl sites for hydroxylation is 1. The summed E-state index contributed by atoms with van der Waals surface area (Å²) in [6.45, 7) is 3.57. The highest BCUT2D eigenvalue weighted by molar-refractivity contribution is 5.83. The highest BCUT2D eigenvalue weighted by atomic mass is 16.4. The van der Waals surface area contributed by atoms with E-state index in [0.717, 1.165) is 17.4 Å². The molecule has 1 heterocycles. The minimum Gasteiger partial charge on any atom is -0.483 e.